The van der Waals surface area contributed by atoms with Crippen molar-refractivity contribution in [2.24, 2.45) is 17.8 Å². The van der Waals surface area contributed by atoms with Crippen molar-refractivity contribution in [2.45, 2.75) is 44.1 Å². The number of carbonyl (C=O) groups excluding carboxylic acids is 2. The summed E-state index contributed by atoms with van der Waals surface area (Å²) in [6.07, 6.45) is 7.19. The third-order valence-corrected chi connectivity index (χ3v) is 6.36. The Kier molecular flexibility index (Phi) is 4.74. The Labute approximate surface area is 159 Å². The molecule has 4 aliphatic rings. The van der Waals surface area contributed by atoms with Crippen LogP contribution in [0.4, 0.5) is 0 Å². The van der Waals surface area contributed by atoms with Crippen LogP contribution in [0.1, 0.15) is 48.9 Å². The van der Waals surface area contributed by atoms with Crippen molar-refractivity contribution in [3.8, 4) is 11.5 Å². The summed E-state index contributed by atoms with van der Waals surface area (Å²) >= 11 is 0. The zero-order chi connectivity index (χ0) is 19.0. The summed E-state index contributed by atoms with van der Waals surface area (Å²) in [6.45, 7) is -0.264. The maximum absolute atomic E-state index is 12.5. The highest BCUT2D eigenvalue weighted by molar-refractivity contribution is 5.92. The molecule has 4 aliphatic carbocycles. The van der Waals surface area contributed by atoms with Crippen molar-refractivity contribution in [1.82, 2.24) is 5.32 Å². The first-order valence-corrected chi connectivity index (χ1v) is 9.70. The zero-order valence-corrected chi connectivity index (χ0v) is 16.0. The monoisotopic (exact) mass is 373 g/mol. The predicted molar refractivity (Wildman–Crippen MR) is 98.9 cm³/mol. The molecule has 6 nitrogen and oxygen atoms in total. The van der Waals surface area contributed by atoms with E-state index < -0.39 is 5.97 Å². The molecule has 4 bridgehead atoms. The lowest BCUT2D eigenvalue weighted by molar-refractivity contribution is -0.130. The Morgan fingerprint density at radius 3 is 1.96 bits per heavy atom. The molecule has 4 saturated carbocycles. The van der Waals surface area contributed by atoms with Gasteiger partial charge in [0, 0.05) is 11.6 Å². The van der Waals surface area contributed by atoms with Crippen LogP contribution in [0, 0.1) is 17.8 Å². The molecule has 1 N–H and O–H groups in total. The number of benzene rings is 1. The molecule has 0 atom stereocenters. The van der Waals surface area contributed by atoms with Crippen LogP contribution in [0.2, 0.25) is 0 Å². The number of ether oxygens (including phenoxy) is 3. The normalized spacial score (nSPS) is 30.7. The molecule has 0 saturated heterocycles. The molecule has 27 heavy (non-hydrogen) atoms. The second-order valence-corrected chi connectivity index (χ2v) is 8.42. The number of amides is 1. The van der Waals surface area contributed by atoms with E-state index in [4.69, 9.17) is 14.2 Å². The fraction of sp³-hybridized carbons (Fsp3) is 0.619. The number of hydrogen-bond acceptors (Lipinski definition) is 5. The minimum atomic E-state index is -0.562. The van der Waals surface area contributed by atoms with Gasteiger partial charge >= 0.3 is 5.97 Å². The molecule has 6 heteroatoms. The first-order valence-electron chi connectivity index (χ1n) is 9.70. The van der Waals surface area contributed by atoms with Gasteiger partial charge in [-0.25, -0.2) is 4.79 Å². The predicted octanol–water partition coefficient (Wildman–Crippen LogP) is 2.95. The highest BCUT2D eigenvalue weighted by Crippen LogP contribution is 2.55. The Bertz CT molecular complexity index is 687. The third kappa shape index (κ3) is 3.75. The highest BCUT2D eigenvalue weighted by atomic mass is 16.5. The summed E-state index contributed by atoms with van der Waals surface area (Å²) in [5.41, 5.74) is 0.228. The lowest BCUT2D eigenvalue weighted by Gasteiger charge is -2.56. The Morgan fingerprint density at radius 2 is 1.48 bits per heavy atom. The quantitative estimate of drug-likeness (QED) is 0.776. The van der Waals surface area contributed by atoms with Gasteiger partial charge in [0.25, 0.3) is 5.91 Å². The molecular weight excluding hydrogens is 346 g/mol. The van der Waals surface area contributed by atoms with Gasteiger partial charge in [0.2, 0.25) is 0 Å². The van der Waals surface area contributed by atoms with E-state index >= 15 is 0 Å². The molecule has 0 spiro atoms. The van der Waals surface area contributed by atoms with Gasteiger partial charge in [-0.05, 0) is 68.4 Å². The fourth-order valence-electron chi connectivity index (χ4n) is 5.74. The maximum atomic E-state index is 12.5. The van der Waals surface area contributed by atoms with E-state index in [0.717, 1.165) is 37.0 Å². The first-order chi connectivity index (χ1) is 13.0. The summed E-state index contributed by atoms with van der Waals surface area (Å²) in [5.74, 6) is 2.49. The SMILES string of the molecule is COc1cc(OC)cc(C(=O)OCC(=O)NC23CC4CC(CC(C4)C2)C3)c1. The molecule has 0 heterocycles. The van der Waals surface area contributed by atoms with Crippen molar-refractivity contribution in [1.29, 1.82) is 0 Å². The van der Waals surface area contributed by atoms with Crippen LogP contribution in [-0.2, 0) is 9.53 Å². The van der Waals surface area contributed by atoms with Gasteiger partial charge in [-0.3, -0.25) is 4.79 Å². The summed E-state index contributed by atoms with van der Waals surface area (Å²) in [4.78, 5) is 24.8. The van der Waals surface area contributed by atoms with Crippen LogP contribution in [-0.4, -0.2) is 38.2 Å². The molecule has 1 aromatic rings. The average Bonchev–Trinajstić information content (AvgIpc) is 2.64. The molecule has 0 unspecified atom stereocenters. The van der Waals surface area contributed by atoms with Crippen LogP contribution in [0.15, 0.2) is 18.2 Å². The number of methoxy groups -OCH3 is 2. The summed E-state index contributed by atoms with van der Waals surface area (Å²) in [5, 5.41) is 3.21. The zero-order valence-electron chi connectivity index (χ0n) is 16.0. The van der Waals surface area contributed by atoms with Crippen LogP contribution in [0.3, 0.4) is 0 Å². The lowest BCUT2D eigenvalue weighted by atomic mass is 9.53. The molecule has 146 valence electrons. The van der Waals surface area contributed by atoms with Crippen LogP contribution >= 0.6 is 0 Å². The summed E-state index contributed by atoms with van der Waals surface area (Å²) < 4.78 is 15.6. The summed E-state index contributed by atoms with van der Waals surface area (Å²) in [7, 11) is 3.03. The lowest BCUT2D eigenvalue weighted by Crippen LogP contribution is -2.60. The third-order valence-electron chi connectivity index (χ3n) is 6.36. The molecule has 4 fully saturated rings. The van der Waals surface area contributed by atoms with Crippen molar-refractivity contribution in [3.05, 3.63) is 23.8 Å². The number of hydrogen-bond donors (Lipinski definition) is 1. The number of carbonyl (C=O) groups is 2. The minimum absolute atomic E-state index is 0.0720. The second-order valence-electron chi connectivity index (χ2n) is 8.42. The van der Waals surface area contributed by atoms with Crippen molar-refractivity contribution >= 4 is 11.9 Å². The van der Waals surface area contributed by atoms with Crippen molar-refractivity contribution in [2.75, 3.05) is 20.8 Å². The Balaban J connectivity index is 1.35. The molecule has 0 radical (unpaired) electrons. The van der Waals surface area contributed by atoms with E-state index in [1.54, 1.807) is 18.2 Å². The van der Waals surface area contributed by atoms with E-state index in [9.17, 15) is 9.59 Å². The molecule has 0 aliphatic heterocycles. The van der Waals surface area contributed by atoms with Crippen molar-refractivity contribution < 1.29 is 23.8 Å². The van der Waals surface area contributed by atoms with E-state index in [1.807, 2.05) is 0 Å². The van der Waals surface area contributed by atoms with Gasteiger partial charge in [0.15, 0.2) is 6.61 Å². The average molecular weight is 373 g/mol. The second kappa shape index (κ2) is 7.06. The Hall–Kier alpha value is -2.24. The Morgan fingerprint density at radius 1 is 0.963 bits per heavy atom. The largest absolute Gasteiger partial charge is 0.497 e. The minimum Gasteiger partial charge on any atom is -0.497 e. The topological polar surface area (TPSA) is 73.9 Å². The smallest absolute Gasteiger partial charge is 0.338 e. The van der Waals surface area contributed by atoms with Crippen LogP contribution in [0.25, 0.3) is 0 Å². The highest BCUT2D eigenvalue weighted by Gasteiger charge is 2.51. The molecule has 1 aromatic carbocycles. The summed E-state index contributed by atoms with van der Waals surface area (Å²) in [6, 6.07) is 4.82. The molecule has 0 aromatic heterocycles. The van der Waals surface area contributed by atoms with E-state index in [2.05, 4.69) is 5.32 Å². The number of rotatable bonds is 6. The standard InChI is InChI=1S/C21H27NO5/c1-25-17-6-16(7-18(8-17)26-2)20(24)27-12-19(23)22-21-9-13-3-14(10-21)5-15(4-13)11-21/h6-8,13-15H,3-5,9-12H2,1-2H3,(H,22,23). The first kappa shape index (κ1) is 18.1. The van der Waals surface area contributed by atoms with E-state index in [1.165, 1.54) is 33.5 Å². The van der Waals surface area contributed by atoms with Crippen LogP contribution < -0.4 is 14.8 Å². The molecule has 5 rings (SSSR count). The van der Waals surface area contributed by atoms with Gasteiger partial charge in [-0.15, -0.1) is 0 Å². The van der Waals surface area contributed by atoms with E-state index in [-0.39, 0.29) is 18.1 Å². The number of nitrogens with one attached hydrogen (secondary N) is 1. The van der Waals surface area contributed by atoms with E-state index in [0.29, 0.717) is 17.1 Å². The fourth-order valence-corrected chi connectivity index (χ4v) is 5.74. The van der Waals surface area contributed by atoms with Gasteiger partial charge in [-0.1, -0.05) is 0 Å². The number of esters is 1. The molecule has 1 amide bonds. The van der Waals surface area contributed by atoms with Gasteiger partial charge in [0.05, 0.1) is 19.8 Å². The van der Waals surface area contributed by atoms with Gasteiger partial charge < -0.3 is 19.5 Å². The van der Waals surface area contributed by atoms with Crippen molar-refractivity contribution in [3.63, 3.8) is 0 Å². The maximum Gasteiger partial charge on any atom is 0.338 e. The molecular formula is C21H27NO5. The van der Waals surface area contributed by atoms with Gasteiger partial charge in [-0.2, -0.15) is 0 Å². The van der Waals surface area contributed by atoms with Crippen LogP contribution in [0.5, 0.6) is 11.5 Å². The van der Waals surface area contributed by atoms with Gasteiger partial charge in [0.1, 0.15) is 11.5 Å².